The van der Waals surface area contributed by atoms with Gasteiger partial charge >= 0.3 is 0 Å². The molecule has 0 spiro atoms. The van der Waals surface area contributed by atoms with Crippen LogP contribution in [-0.4, -0.2) is 18.1 Å². The Kier molecular flexibility index (Phi) is 6.05. The van der Waals surface area contributed by atoms with Crippen LogP contribution in [0.25, 0.3) is 0 Å². The highest BCUT2D eigenvalue weighted by Crippen LogP contribution is 2.26. The number of hydrogen-bond acceptors (Lipinski definition) is 2. The molecule has 1 amide bonds. The number of ether oxygens (including phenoxy) is 1. The third kappa shape index (κ3) is 5.38. The maximum Gasteiger partial charge on any atom is 0.258 e. The quantitative estimate of drug-likeness (QED) is 0.784. The van der Waals surface area contributed by atoms with Gasteiger partial charge in [-0.15, -0.1) is 0 Å². The Bertz CT molecular complexity index is 688. The molecule has 0 aliphatic carbocycles. The van der Waals surface area contributed by atoms with E-state index in [1.54, 1.807) is 0 Å². The van der Waals surface area contributed by atoms with Crippen molar-refractivity contribution in [1.29, 1.82) is 0 Å². The van der Waals surface area contributed by atoms with Crippen LogP contribution < -0.4 is 10.1 Å². The maximum absolute atomic E-state index is 12.2. The number of amides is 1. The minimum atomic E-state index is -0.326. The van der Waals surface area contributed by atoms with Crippen LogP contribution in [0.2, 0.25) is 0 Å². The van der Waals surface area contributed by atoms with Crippen molar-refractivity contribution in [3.8, 4) is 5.75 Å². The number of halogens is 1. The number of aryl methyl sites for hydroxylation is 2. The number of carbonyl (C=O) groups is 1. The SMILES string of the molecule is Cc1cc(OCC(=O)NC(C)(C)Cc2ccccc2)cc(C)c1Br. The van der Waals surface area contributed by atoms with Gasteiger partial charge in [-0.05, 0) is 62.9 Å². The largest absolute Gasteiger partial charge is 0.484 e. The van der Waals surface area contributed by atoms with Crippen molar-refractivity contribution >= 4 is 21.8 Å². The second-order valence-electron chi connectivity index (χ2n) is 6.75. The molecule has 0 saturated heterocycles. The maximum atomic E-state index is 12.2. The number of carbonyl (C=O) groups excluding carboxylic acids is 1. The molecule has 128 valence electrons. The topological polar surface area (TPSA) is 38.3 Å². The van der Waals surface area contributed by atoms with Crippen LogP contribution in [0.3, 0.4) is 0 Å². The third-order valence-electron chi connectivity index (χ3n) is 3.75. The van der Waals surface area contributed by atoms with Crippen molar-refractivity contribution in [2.75, 3.05) is 6.61 Å². The van der Waals surface area contributed by atoms with E-state index >= 15 is 0 Å². The molecule has 0 unspecified atom stereocenters. The second kappa shape index (κ2) is 7.84. The van der Waals surface area contributed by atoms with Crippen molar-refractivity contribution in [2.24, 2.45) is 0 Å². The Morgan fingerprint density at radius 3 is 2.29 bits per heavy atom. The average Bonchev–Trinajstić information content (AvgIpc) is 2.50. The van der Waals surface area contributed by atoms with Crippen LogP contribution in [0, 0.1) is 13.8 Å². The van der Waals surface area contributed by atoms with Crippen molar-refractivity contribution in [3.63, 3.8) is 0 Å². The Labute approximate surface area is 152 Å². The Morgan fingerprint density at radius 1 is 1.12 bits per heavy atom. The summed E-state index contributed by atoms with van der Waals surface area (Å²) < 4.78 is 6.72. The van der Waals surface area contributed by atoms with Crippen LogP contribution in [0.1, 0.15) is 30.5 Å². The smallest absolute Gasteiger partial charge is 0.258 e. The van der Waals surface area contributed by atoms with Gasteiger partial charge in [0.15, 0.2) is 6.61 Å². The lowest BCUT2D eigenvalue weighted by atomic mass is 9.95. The van der Waals surface area contributed by atoms with Gasteiger partial charge in [0.1, 0.15) is 5.75 Å². The van der Waals surface area contributed by atoms with Gasteiger partial charge < -0.3 is 10.1 Å². The van der Waals surface area contributed by atoms with E-state index in [1.807, 2.05) is 58.0 Å². The first-order valence-corrected chi connectivity index (χ1v) is 8.80. The van der Waals surface area contributed by atoms with Crippen molar-refractivity contribution in [2.45, 2.75) is 39.7 Å². The molecular weight excluding hydrogens is 366 g/mol. The van der Waals surface area contributed by atoms with E-state index in [0.717, 1.165) is 22.0 Å². The molecule has 0 fully saturated rings. The Balaban J connectivity index is 1.91. The van der Waals surface area contributed by atoms with Gasteiger partial charge in [-0.25, -0.2) is 0 Å². The summed E-state index contributed by atoms with van der Waals surface area (Å²) in [5.41, 5.74) is 3.06. The highest BCUT2D eigenvalue weighted by molar-refractivity contribution is 9.10. The first-order valence-electron chi connectivity index (χ1n) is 8.01. The fraction of sp³-hybridized carbons (Fsp3) is 0.350. The van der Waals surface area contributed by atoms with Gasteiger partial charge in [-0.1, -0.05) is 46.3 Å². The standard InChI is InChI=1S/C20H24BrNO2/c1-14-10-17(11-15(2)19(14)21)24-13-18(23)22-20(3,4)12-16-8-6-5-7-9-16/h5-11H,12-13H2,1-4H3,(H,22,23). The van der Waals surface area contributed by atoms with Crippen molar-refractivity contribution in [3.05, 3.63) is 63.6 Å². The zero-order chi connectivity index (χ0) is 17.7. The summed E-state index contributed by atoms with van der Waals surface area (Å²) in [7, 11) is 0. The van der Waals surface area contributed by atoms with Gasteiger partial charge in [0, 0.05) is 10.0 Å². The summed E-state index contributed by atoms with van der Waals surface area (Å²) in [5.74, 6) is 0.596. The van der Waals surface area contributed by atoms with Gasteiger partial charge in [-0.2, -0.15) is 0 Å². The van der Waals surface area contributed by atoms with Crippen molar-refractivity contribution < 1.29 is 9.53 Å². The van der Waals surface area contributed by atoms with Crippen LogP contribution in [0.5, 0.6) is 5.75 Å². The lowest BCUT2D eigenvalue weighted by molar-refractivity contribution is -0.124. The Morgan fingerprint density at radius 2 is 1.71 bits per heavy atom. The zero-order valence-corrected chi connectivity index (χ0v) is 16.2. The van der Waals surface area contributed by atoms with E-state index in [4.69, 9.17) is 4.74 Å². The molecule has 0 aliphatic heterocycles. The van der Waals surface area contributed by atoms with Gasteiger partial charge in [-0.3, -0.25) is 4.79 Å². The van der Waals surface area contributed by atoms with Crippen LogP contribution in [0.15, 0.2) is 46.9 Å². The molecule has 0 atom stereocenters. The molecule has 2 rings (SSSR count). The average molecular weight is 390 g/mol. The number of hydrogen-bond donors (Lipinski definition) is 1. The molecule has 0 radical (unpaired) electrons. The summed E-state index contributed by atoms with van der Waals surface area (Å²) in [4.78, 5) is 12.2. The summed E-state index contributed by atoms with van der Waals surface area (Å²) in [6, 6.07) is 14.0. The fourth-order valence-electron chi connectivity index (χ4n) is 2.70. The molecule has 0 heterocycles. The van der Waals surface area contributed by atoms with Crippen LogP contribution in [-0.2, 0) is 11.2 Å². The van der Waals surface area contributed by atoms with E-state index in [9.17, 15) is 4.79 Å². The van der Waals surface area contributed by atoms with Crippen LogP contribution in [0.4, 0.5) is 0 Å². The molecule has 4 heteroatoms. The molecular formula is C20H24BrNO2. The normalized spacial score (nSPS) is 11.2. The monoisotopic (exact) mass is 389 g/mol. The minimum absolute atomic E-state index is 0.0126. The molecule has 2 aromatic carbocycles. The van der Waals surface area contributed by atoms with E-state index in [0.29, 0.717) is 5.75 Å². The third-order valence-corrected chi connectivity index (χ3v) is 5.00. The molecule has 3 nitrogen and oxygen atoms in total. The summed E-state index contributed by atoms with van der Waals surface area (Å²) >= 11 is 3.53. The molecule has 0 saturated carbocycles. The van der Waals surface area contributed by atoms with Crippen LogP contribution >= 0.6 is 15.9 Å². The van der Waals surface area contributed by atoms with Gasteiger partial charge in [0.05, 0.1) is 0 Å². The molecule has 24 heavy (non-hydrogen) atoms. The predicted molar refractivity (Wildman–Crippen MR) is 101 cm³/mol. The summed E-state index contributed by atoms with van der Waals surface area (Å²) in [6.07, 6.45) is 0.774. The molecule has 2 aromatic rings. The molecule has 0 aliphatic rings. The van der Waals surface area contributed by atoms with E-state index in [2.05, 4.69) is 33.4 Å². The zero-order valence-electron chi connectivity index (χ0n) is 14.7. The van der Waals surface area contributed by atoms with E-state index < -0.39 is 0 Å². The lowest BCUT2D eigenvalue weighted by Crippen LogP contribution is -2.47. The lowest BCUT2D eigenvalue weighted by Gasteiger charge is -2.26. The minimum Gasteiger partial charge on any atom is -0.484 e. The molecule has 0 bridgehead atoms. The highest BCUT2D eigenvalue weighted by atomic mass is 79.9. The van der Waals surface area contributed by atoms with Gasteiger partial charge in [0.25, 0.3) is 5.91 Å². The predicted octanol–water partition coefficient (Wildman–Crippen LogP) is 4.58. The molecule has 1 N–H and O–H groups in total. The van der Waals surface area contributed by atoms with E-state index in [-0.39, 0.29) is 18.1 Å². The second-order valence-corrected chi connectivity index (χ2v) is 7.55. The fourth-order valence-corrected chi connectivity index (χ4v) is 2.93. The first-order chi connectivity index (χ1) is 11.3. The van der Waals surface area contributed by atoms with Gasteiger partial charge in [0.2, 0.25) is 0 Å². The van der Waals surface area contributed by atoms with E-state index in [1.165, 1.54) is 5.56 Å². The first kappa shape index (κ1) is 18.5. The summed E-state index contributed by atoms with van der Waals surface area (Å²) in [5, 5.41) is 3.04. The number of rotatable bonds is 6. The van der Waals surface area contributed by atoms with Crippen molar-refractivity contribution in [1.82, 2.24) is 5.32 Å². The molecule has 0 aromatic heterocycles. The number of nitrogens with one attached hydrogen (secondary N) is 1. The highest BCUT2D eigenvalue weighted by Gasteiger charge is 2.21. The number of benzene rings is 2. The summed E-state index contributed by atoms with van der Waals surface area (Å²) in [6.45, 7) is 8.07. The Hall–Kier alpha value is -1.81.